The molecule has 8 fully saturated rings. The molecule has 0 spiro atoms. The van der Waals surface area contributed by atoms with Crippen LogP contribution in [0.5, 0.6) is 0 Å². The molecule has 22 heavy (non-hydrogen) atoms. The van der Waals surface area contributed by atoms with E-state index < -0.39 is 0 Å². The molecule has 8 saturated heterocycles. The molecule has 0 aromatic heterocycles. The lowest BCUT2D eigenvalue weighted by molar-refractivity contribution is -0.316. The van der Waals surface area contributed by atoms with Crippen LogP contribution in [0.25, 0.3) is 0 Å². The van der Waals surface area contributed by atoms with Crippen LogP contribution in [0.15, 0.2) is 10.4 Å². The molecule has 8 aliphatic rings. The van der Waals surface area contributed by atoms with Crippen LogP contribution in [0, 0.1) is 23.7 Å². The number of hydrogen-bond acceptors (Lipinski definition) is 6. The van der Waals surface area contributed by atoms with E-state index in [1.165, 1.54) is 12.8 Å². The minimum absolute atomic E-state index is 0.841. The van der Waals surface area contributed by atoms with Gasteiger partial charge in [-0.25, -0.2) is 0 Å². The molecule has 0 atom stereocenters. The molecule has 120 valence electrons. The van der Waals surface area contributed by atoms with E-state index >= 15 is 0 Å². The van der Waals surface area contributed by atoms with Gasteiger partial charge in [0.1, 0.15) is 0 Å². The Balaban J connectivity index is 1.22. The van der Waals surface area contributed by atoms with Crippen LogP contribution in [-0.2, 0) is 0 Å². The molecule has 8 heteroatoms. The fraction of sp³-hybridized carbons (Fsp3) is 1.00. The number of nitrogens with zero attached hydrogens (tertiary/aromatic N) is 8. The molecule has 8 rings (SSSR count). The van der Waals surface area contributed by atoms with Crippen molar-refractivity contribution in [1.82, 2.24) is 30.5 Å². The van der Waals surface area contributed by atoms with E-state index in [9.17, 15) is 0 Å². The van der Waals surface area contributed by atoms with E-state index in [1.807, 2.05) is 0 Å². The average molecular weight is 304 g/mol. The van der Waals surface area contributed by atoms with E-state index in [1.54, 1.807) is 0 Å². The maximum absolute atomic E-state index is 4.62. The summed E-state index contributed by atoms with van der Waals surface area (Å²) in [6.45, 7) is 9.25. The molecule has 8 nitrogen and oxygen atoms in total. The highest BCUT2D eigenvalue weighted by Gasteiger charge is 2.47. The highest BCUT2D eigenvalue weighted by molar-refractivity contribution is 4.90. The molecule has 0 amide bonds. The van der Waals surface area contributed by atoms with Gasteiger partial charge in [0.25, 0.3) is 0 Å². The van der Waals surface area contributed by atoms with Crippen LogP contribution in [-0.4, -0.2) is 82.8 Å². The molecule has 0 unspecified atom stereocenters. The van der Waals surface area contributed by atoms with Gasteiger partial charge in [0, 0.05) is 52.4 Å². The first-order chi connectivity index (χ1) is 10.8. The van der Waals surface area contributed by atoms with Gasteiger partial charge < -0.3 is 0 Å². The SMILES string of the molecule is C1C2CN3CC1CN(C2)N3N=NN1N2CC3CC(C2)CN1C3. The molecule has 0 saturated carbocycles. The Bertz CT molecular complexity index is 407. The van der Waals surface area contributed by atoms with Gasteiger partial charge in [0.15, 0.2) is 0 Å². The summed E-state index contributed by atoms with van der Waals surface area (Å²) >= 11 is 0. The smallest absolute Gasteiger partial charge is 0.0254 e. The highest BCUT2D eigenvalue weighted by atomic mass is 16.1. The quantitative estimate of drug-likeness (QED) is 0.673. The largest absolute Gasteiger partial charge is 0.187 e. The van der Waals surface area contributed by atoms with Gasteiger partial charge in [-0.05, 0) is 47.0 Å². The first-order valence-corrected chi connectivity index (χ1v) is 8.83. The van der Waals surface area contributed by atoms with Crippen molar-refractivity contribution >= 4 is 0 Å². The van der Waals surface area contributed by atoms with Crippen LogP contribution >= 0.6 is 0 Å². The second-order valence-corrected chi connectivity index (χ2v) is 8.14. The number of hydrazine groups is 4. The third-order valence-corrected chi connectivity index (χ3v) is 6.30. The minimum atomic E-state index is 0.841. The van der Waals surface area contributed by atoms with Gasteiger partial charge >= 0.3 is 0 Å². The van der Waals surface area contributed by atoms with Crippen molar-refractivity contribution in [3.05, 3.63) is 0 Å². The zero-order valence-corrected chi connectivity index (χ0v) is 13.0. The molecule has 8 heterocycles. The Morgan fingerprint density at radius 3 is 1.00 bits per heavy atom. The molecule has 8 aliphatic heterocycles. The fourth-order valence-electron chi connectivity index (χ4n) is 5.69. The molecule has 0 radical (unpaired) electrons. The molecule has 0 aromatic rings. The van der Waals surface area contributed by atoms with E-state index in [-0.39, 0.29) is 0 Å². The van der Waals surface area contributed by atoms with E-state index in [0.29, 0.717) is 0 Å². The van der Waals surface area contributed by atoms with Crippen molar-refractivity contribution in [2.45, 2.75) is 12.8 Å². The van der Waals surface area contributed by atoms with Crippen LogP contribution in [0.4, 0.5) is 0 Å². The summed E-state index contributed by atoms with van der Waals surface area (Å²) in [5.74, 6) is 3.36. The third-order valence-electron chi connectivity index (χ3n) is 6.30. The first-order valence-electron chi connectivity index (χ1n) is 8.83. The number of piperidine rings is 4. The Morgan fingerprint density at radius 1 is 0.455 bits per heavy atom. The lowest BCUT2D eigenvalue weighted by atomic mass is 9.85. The summed E-state index contributed by atoms with van der Waals surface area (Å²) in [5, 5.41) is 22.9. The maximum atomic E-state index is 4.62. The van der Waals surface area contributed by atoms with Gasteiger partial charge in [-0.1, -0.05) is 0 Å². The predicted molar refractivity (Wildman–Crippen MR) is 78.0 cm³/mol. The van der Waals surface area contributed by atoms with E-state index in [2.05, 4.69) is 40.9 Å². The van der Waals surface area contributed by atoms with Gasteiger partial charge in [-0.3, -0.25) is 0 Å². The Labute approximate surface area is 130 Å². The van der Waals surface area contributed by atoms with Crippen molar-refractivity contribution in [2.24, 2.45) is 34.1 Å². The van der Waals surface area contributed by atoms with E-state index in [0.717, 1.165) is 76.0 Å². The van der Waals surface area contributed by atoms with Gasteiger partial charge in [0.2, 0.25) is 0 Å². The topological polar surface area (TPSA) is 44.2 Å². The Hall–Kier alpha value is -0.960. The molecular formula is C14H24N8. The zero-order valence-electron chi connectivity index (χ0n) is 13.0. The van der Waals surface area contributed by atoms with E-state index in [4.69, 9.17) is 0 Å². The second-order valence-electron chi connectivity index (χ2n) is 8.14. The highest BCUT2D eigenvalue weighted by Crippen LogP contribution is 2.38. The molecule has 0 N–H and O–H groups in total. The van der Waals surface area contributed by atoms with Crippen molar-refractivity contribution < 1.29 is 0 Å². The molecule has 0 aromatic carbocycles. The molecule has 0 aliphatic carbocycles. The Kier molecular flexibility index (Phi) is 2.44. The summed E-state index contributed by atoms with van der Waals surface area (Å²) in [5.41, 5.74) is 0. The first kappa shape index (κ1) is 12.5. The van der Waals surface area contributed by atoms with Crippen molar-refractivity contribution in [3.63, 3.8) is 0 Å². The normalized spacial score (nSPS) is 54.9. The minimum Gasteiger partial charge on any atom is -0.187 e. The van der Waals surface area contributed by atoms with Crippen molar-refractivity contribution in [1.29, 1.82) is 0 Å². The van der Waals surface area contributed by atoms with Crippen molar-refractivity contribution in [3.8, 4) is 0 Å². The fourth-order valence-corrected chi connectivity index (χ4v) is 5.69. The standard InChI is InChI=1S/C14H24N8/c1-11-3-17-5-12(1)6-18(4-11)21(17)15-16-22-19-7-13-2-14(9-19)10-20(22)8-13/h11-14H,1-10H2. The summed E-state index contributed by atoms with van der Waals surface area (Å²) in [6, 6.07) is 0. The van der Waals surface area contributed by atoms with Gasteiger partial charge in [-0.2, -0.15) is 20.0 Å². The van der Waals surface area contributed by atoms with Crippen LogP contribution < -0.4 is 0 Å². The summed E-state index contributed by atoms with van der Waals surface area (Å²) in [7, 11) is 0. The van der Waals surface area contributed by atoms with Gasteiger partial charge in [-0.15, -0.1) is 10.5 Å². The summed E-state index contributed by atoms with van der Waals surface area (Å²) in [6.07, 6.45) is 2.82. The number of hydrogen-bond donors (Lipinski definition) is 0. The van der Waals surface area contributed by atoms with Crippen LogP contribution in [0.1, 0.15) is 12.8 Å². The molecular weight excluding hydrogens is 280 g/mol. The van der Waals surface area contributed by atoms with Crippen LogP contribution in [0.2, 0.25) is 0 Å². The van der Waals surface area contributed by atoms with Crippen LogP contribution in [0.3, 0.4) is 0 Å². The number of rotatable bonds is 2. The van der Waals surface area contributed by atoms with Gasteiger partial charge in [0.05, 0.1) is 0 Å². The lowest BCUT2D eigenvalue weighted by Gasteiger charge is -2.58. The lowest BCUT2D eigenvalue weighted by Crippen LogP contribution is -2.70. The maximum Gasteiger partial charge on any atom is 0.0254 e. The third kappa shape index (κ3) is 1.72. The Morgan fingerprint density at radius 2 is 0.727 bits per heavy atom. The van der Waals surface area contributed by atoms with Crippen molar-refractivity contribution in [2.75, 3.05) is 52.4 Å². The molecule has 8 bridgehead atoms. The zero-order chi connectivity index (χ0) is 14.3. The summed E-state index contributed by atoms with van der Waals surface area (Å²) in [4.78, 5) is 0. The average Bonchev–Trinajstić information content (AvgIpc) is 2.47. The predicted octanol–water partition coefficient (Wildman–Crippen LogP) is 0.0672. The second kappa shape index (κ2) is 4.31. The summed E-state index contributed by atoms with van der Waals surface area (Å²) < 4.78 is 0. The monoisotopic (exact) mass is 304 g/mol.